The molecule has 0 unspecified atom stereocenters. The second kappa shape index (κ2) is 4.82. The summed E-state index contributed by atoms with van der Waals surface area (Å²) in [5.74, 6) is -0.761. The number of carboxylic acid groups (broad SMARTS) is 1. The zero-order valence-corrected chi connectivity index (χ0v) is 9.22. The molecule has 1 fully saturated rings. The third-order valence-corrected chi connectivity index (χ3v) is 2.77. The number of hydrogen-bond acceptors (Lipinski definition) is 4. The Bertz CT molecular complexity index is 442. The Morgan fingerprint density at radius 1 is 1.47 bits per heavy atom. The Morgan fingerprint density at radius 3 is 2.76 bits per heavy atom. The van der Waals surface area contributed by atoms with Crippen molar-refractivity contribution in [3.05, 3.63) is 17.8 Å². The molecule has 0 spiro atoms. The van der Waals surface area contributed by atoms with E-state index < -0.39 is 5.97 Å². The first-order valence-corrected chi connectivity index (χ1v) is 5.41. The third kappa shape index (κ3) is 2.35. The lowest BCUT2D eigenvalue weighted by atomic mass is 10.2. The summed E-state index contributed by atoms with van der Waals surface area (Å²) >= 11 is 0. The molecule has 1 saturated heterocycles. The van der Waals surface area contributed by atoms with Crippen LogP contribution in [0.5, 0.6) is 0 Å². The molecule has 0 atom stereocenters. The van der Waals surface area contributed by atoms with Crippen LogP contribution in [-0.4, -0.2) is 35.6 Å². The maximum Gasteiger partial charge on any atom is 0.338 e. The number of carbonyl (C=O) groups is 2. The lowest BCUT2D eigenvalue weighted by molar-refractivity contribution is -0.105. The van der Waals surface area contributed by atoms with Crippen LogP contribution in [0, 0.1) is 0 Å². The molecule has 90 valence electrons. The fraction of sp³-hybridized carbons (Fsp3) is 0.364. The Balaban J connectivity index is 2.36. The minimum absolute atomic E-state index is 0.172. The van der Waals surface area contributed by atoms with Crippen LogP contribution in [0.15, 0.2) is 12.3 Å². The second-order valence-corrected chi connectivity index (χ2v) is 3.85. The van der Waals surface area contributed by atoms with E-state index in [2.05, 4.69) is 10.3 Å². The first kappa shape index (κ1) is 11.4. The molecule has 0 radical (unpaired) electrons. The van der Waals surface area contributed by atoms with Gasteiger partial charge in [0.1, 0.15) is 5.82 Å². The van der Waals surface area contributed by atoms with E-state index >= 15 is 0 Å². The van der Waals surface area contributed by atoms with Crippen molar-refractivity contribution in [2.45, 2.75) is 12.8 Å². The van der Waals surface area contributed by atoms with E-state index in [1.807, 2.05) is 4.90 Å². The van der Waals surface area contributed by atoms with E-state index in [9.17, 15) is 9.59 Å². The van der Waals surface area contributed by atoms with E-state index in [0.29, 0.717) is 12.1 Å². The topological polar surface area (TPSA) is 82.5 Å². The smallest absolute Gasteiger partial charge is 0.338 e. The first-order chi connectivity index (χ1) is 8.22. The monoisotopic (exact) mass is 235 g/mol. The molecule has 1 aromatic rings. The van der Waals surface area contributed by atoms with Gasteiger partial charge in [-0.05, 0) is 18.9 Å². The number of rotatable bonds is 4. The predicted molar refractivity (Wildman–Crippen MR) is 62.3 cm³/mol. The van der Waals surface area contributed by atoms with E-state index in [1.54, 1.807) is 0 Å². The number of pyridine rings is 1. The molecule has 2 N–H and O–H groups in total. The molecule has 0 bridgehead atoms. The van der Waals surface area contributed by atoms with Gasteiger partial charge in [0.2, 0.25) is 6.41 Å². The van der Waals surface area contributed by atoms with Crippen LogP contribution in [0.2, 0.25) is 0 Å². The molecule has 0 saturated carbocycles. The molecule has 2 heterocycles. The van der Waals surface area contributed by atoms with Crippen molar-refractivity contribution in [2.75, 3.05) is 23.3 Å². The van der Waals surface area contributed by atoms with E-state index in [-0.39, 0.29) is 11.4 Å². The number of aromatic carboxylic acids is 1. The first-order valence-electron chi connectivity index (χ1n) is 5.41. The number of amides is 1. The number of carbonyl (C=O) groups excluding carboxylic acids is 1. The van der Waals surface area contributed by atoms with E-state index in [0.717, 1.165) is 25.9 Å². The molecular weight excluding hydrogens is 222 g/mol. The molecule has 6 heteroatoms. The summed E-state index contributed by atoms with van der Waals surface area (Å²) in [7, 11) is 0. The van der Waals surface area contributed by atoms with Crippen molar-refractivity contribution in [1.29, 1.82) is 0 Å². The highest BCUT2D eigenvalue weighted by molar-refractivity contribution is 5.95. The van der Waals surface area contributed by atoms with Crippen molar-refractivity contribution < 1.29 is 14.7 Å². The van der Waals surface area contributed by atoms with E-state index in [4.69, 9.17) is 5.11 Å². The van der Waals surface area contributed by atoms with Gasteiger partial charge in [0.15, 0.2) is 0 Å². The zero-order chi connectivity index (χ0) is 12.3. The van der Waals surface area contributed by atoms with Gasteiger partial charge < -0.3 is 15.3 Å². The van der Waals surface area contributed by atoms with Gasteiger partial charge >= 0.3 is 5.97 Å². The SMILES string of the molecule is O=CNc1cc(C(=O)O)c(N2CCCC2)cn1. The van der Waals surface area contributed by atoms with Crippen LogP contribution in [0.25, 0.3) is 0 Å². The lowest BCUT2D eigenvalue weighted by Crippen LogP contribution is -2.21. The summed E-state index contributed by atoms with van der Waals surface area (Å²) in [5.41, 5.74) is 0.790. The van der Waals surface area contributed by atoms with Crippen LogP contribution in [-0.2, 0) is 4.79 Å². The minimum Gasteiger partial charge on any atom is -0.478 e. The second-order valence-electron chi connectivity index (χ2n) is 3.85. The molecule has 1 aromatic heterocycles. The molecule has 1 aliphatic rings. The van der Waals surface area contributed by atoms with Gasteiger partial charge in [0, 0.05) is 13.1 Å². The number of anilines is 2. The zero-order valence-electron chi connectivity index (χ0n) is 9.22. The average molecular weight is 235 g/mol. The summed E-state index contributed by atoms with van der Waals surface area (Å²) in [6, 6.07) is 1.38. The Labute approximate surface area is 98.3 Å². The average Bonchev–Trinajstić information content (AvgIpc) is 2.82. The maximum absolute atomic E-state index is 11.2. The highest BCUT2D eigenvalue weighted by atomic mass is 16.4. The number of hydrogen-bond donors (Lipinski definition) is 2. The molecule has 0 aliphatic carbocycles. The largest absolute Gasteiger partial charge is 0.478 e. The van der Waals surface area contributed by atoms with Crippen LogP contribution in [0.3, 0.4) is 0 Å². The maximum atomic E-state index is 11.2. The van der Waals surface area contributed by atoms with Crippen LogP contribution >= 0.6 is 0 Å². The summed E-state index contributed by atoms with van der Waals surface area (Å²) in [6.07, 6.45) is 4.10. The van der Waals surface area contributed by atoms with Gasteiger partial charge in [-0.15, -0.1) is 0 Å². The van der Waals surface area contributed by atoms with Crippen molar-refractivity contribution in [2.24, 2.45) is 0 Å². The van der Waals surface area contributed by atoms with Gasteiger partial charge in [0.25, 0.3) is 0 Å². The number of carboxylic acids is 1. The quantitative estimate of drug-likeness (QED) is 0.759. The van der Waals surface area contributed by atoms with Crippen molar-refractivity contribution in [3.63, 3.8) is 0 Å². The Hall–Kier alpha value is -2.11. The Kier molecular flexibility index (Phi) is 3.22. The molecular formula is C11H13N3O3. The van der Waals surface area contributed by atoms with Crippen LogP contribution in [0.4, 0.5) is 11.5 Å². The number of nitrogens with one attached hydrogen (secondary N) is 1. The molecule has 6 nitrogen and oxygen atoms in total. The summed E-state index contributed by atoms with van der Waals surface area (Å²) < 4.78 is 0. The minimum atomic E-state index is -1.01. The highest BCUT2D eigenvalue weighted by Gasteiger charge is 2.20. The highest BCUT2D eigenvalue weighted by Crippen LogP contribution is 2.25. The van der Waals surface area contributed by atoms with Gasteiger partial charge in [-0.2, -0.15) is 0 Å². The summed E-state index contributed by atoms with van der Waals surface area (Å²) in [6.45, 7) is 1.70. The van der Waals surface area contributed by atoms with E-state index in [1.165, 1.54) is 12.3 Å². The predicted octanol–water partition coefficient (Wildman–Crippen LogP) is 0.948. The molecule has 2 rings (SSSR count). The summed E-state index contributed by atoms with van der Waals surface area (Å²) in [4.78, 5) is 27.5. The Morgan fingerprint density at radius 2 is 2.18 bits per heavy atom. The lowest BCUT2D eigenvalue weighted by Gasteiger charge is -2.19. The molecule has 17 heavy (non-hydrogen) atoms. The van der Waals surface area contributed by atoms with Crippen LogP contribution < -0.4 is 10.2 Å². The molecule has 1 amide bonds. The van der Waals surface area contributed by atoms with Crippen LogP contribution in [0.1, 0.15) is 23.2 Å². The standard InChI is InChI=1S/C11H13N3O3/c15-7-13-10-5-8(11(16)17)9(6-12-10)14-3-1-2-4-14/h5-7H,1-4H2,(H,16,17)(H,12,13,15). The van der Waals surface area contributed by atoms with Crippen molar-refractivity contribution in [1.82, 2.24) is 4.98 Å². The fourth-order valence-corrected chi connectivity index (χ4v) is 1.97. The van der Waals surface area contributed by atoms with Gasteiger partial charge in [-0.1, -0.05) is 0 Å². The molecule has 0 aromatic carbocycles. The number of aromatic nitrogens is 1. The van der Waals surface area contributed by atoms with Crippen molar-refractivity contribution >= 4 is 23.9 Å². The van der Waals surface area contributed by atoms with Gasteiger partial charge in [0.05, 0.1) is 17.4 Å². The molecule has 1 aliphatic heterocycles. The third-order valence-electron chi connectivity index (χ3n) is 2.77. The van der Waals surface area contributed by atoms with Crippen molar-refractivity contribution in [3.8, 4) is 0 Å². The van der Waals surface area contributed by atoms with Gasteiger partial charge in [-0.3, -0.25) is 4.79 Å². The summed E-state index contributed by atoms with van der Waals surface area (Å²) in [5, 5.41) is 11.5. The normalized spacial score (nSPS) is 14.7. The fourth-order valence-electron chi connectivity index (χ4n) is 1.97. The number of nitrogens with zero attached hydrogens (tertiary/aromatic N) is 2. The van der Waals surface area contributed by atoms with Gasteiger partial charge in [-0.25, -0.2) is 9.78 Å².